The summed E-state index contributed by atoms with van der Waals surface area (Å²) in [6, 6.07) is 28.9. The van der Waals surface area contributed by atoms with Crippen LogP contribution in [0.5, 0.6) is 11.5 Å². The van der Waals surface area contributed by atoms with Gasteiger partial charge >= 0.3 is 6.03 Å². The van der Waals surface area contributed by atoms with Gasteiger partial charge in [0.2, 0.25) is 0 Å². The highest BCUT2D eigenvalue weighted by molar-refractivity contribution is 9.10. The number of ketones is 1. The van der Waals surface area contributed by atoms with Gasteiger partial charge in [0.15, 0.2) is 0 Å². The molecule has 0 radical (unpaired) electrons. The van der Waals surface area contributed by atoms with Crippen LogP contribution >= 0.6 is 43.6 Å². The van der Waals surface area contributed by atoms with E-state index in [9.17, 15) is 14.7 Å². The maximum atomic E-state index is 12.3. The van der Waals surface area contributed by atoms with Crippen molar-refractivity contribution in [3.63, 3.8) is 0 Å². The number of aliphatic hydroxyl groups is 1. The Morgan fingerprint density at radius 1 is 0.855 bits per heavy atom. The zero-order chi connectivity index (χ0) is 48.0. The smallest absolute Gasteiger partial charge is 0.315 e. The number of thioether (sulfide) groups is 1. The number of Topliss-reactive ketones (excluding diaryl/α,β-unsaturated/α-hetero) is 1. The van der Waals surface area contributed by atoms with Gasteiger partial charge in [0, 0.05) is 86.0 Å². The van der Waals surface area contributed by atoms with Crippen LogP contribution in [-0.4, -0.2) is 119 Å². The summed E-state index contributed by atoms with van der Waals surface area (Å²) >= 11 is 9.19. The summed E-state index contributed by atoms with van der Waals surface area (Å²) in [5, 5.41) is 28.9. The van der Waals surface area contributed by atoms with E-state index in [1.807, 2.05) is 78.6 Å². The van der Waals surface area contributed by atoms with Crippen molar-refractivity contribution in [1.29, 1.82) is 0 Å². The summed E-state index contributed by atoms with van der Waals surface area (Å²) in [7, 11) is 1.66. The van der Waals surface area contributed by atoms with Crippen molar-refractivity contribution in [3.8, 4) is 11.5 Å². The van der Waals surface area contributed by atoms with Crippen molar-refractivity contribution in [1.82, 2.24) is 30.2 Å². The van der Waals surface area contributed by atoms with Crippen LogP contribution in [-0.2, 0) is 45.2 Å². The molecule has 0 saturated carbocycles. The Kier molecular flexibility index (Phi) is 18.7. The second-order valence-electron chi connectivity index (χ2n) is 17.4. The van der Waals surface area contributed by atoms with Crippen molar-refractivity contribution < 1.29 is 38.4 Å². The summed E-state index contributed by atoms with van der Waals surface area (Å²) in [5.41, 5.74) is 4.85. The van der Waals surface area contributed by atoms with Gasteiger partial charge in [-0.2, -0.15) is 11.8 Å². The molecule has 3 N–H and O–H groups in total. The van der Waals surface area contributed by atoms with Crippen molar-refractivity contribution >= 4 is 82.9 Å². The van der Waals surface area contributed by atoms with Crippen molar-refractivity contribution in [3.05, 3.63) is 111 Å². The highest BCUT2D eigenvalue weighted by atomic mass is 79.9. The maximum absolute atomic E-state index is 12.3. The lowest BCUT2D eigenvalue weighted by Crippen LogP contribution is -2.36. The summed E-state index contributed by atoms with van der Waals surface area (Å²) in [5.74, 6) is 2.71. The number of carbonyl (C=O) groups is 2. The molecule has 2 saturated heterocycles. The molecule has 6 aromatic rings. The number of halogens is 2. The molecule has 0 spiro atoms. The van der Waals surface area contributed by atoms with Gasteiger partial charge < -0.3 is 48.9 Å². The molecule has 0 aliphatic carbocycles. The number of aromatic nitrogens is 4. The minimum absolute atomic E-state index is 0.0551. The second kappa shape index (κ2) is 25.4. The Morgan fingerprint density at radius 3 is 2.30 bits per heavy atom. The van der Waals surface area contributed by atoms with Crippen LogP contribution in [0, 0.1) is 0 Å². The first-order chi connectivity index (χ1) is 33.7. The minimum atomic E-state index is -0.683. The van der Waals surface area contributed by atoms with E-state index in [2.05, 4.69) is 86.5 Å². The molecule has 4 atom stereocenters. The van der Waals surface area contributed by atoms with Crippen molar-refractivity contribution in [2.45, 2.75) is 88.2 Å². The van der Waals surface area contributed by atoms with Gasteiger partial charge in [0.25, 0.3) is 0 Å². The molecule has 4 heterocycles. The van der Waals surface area contributed by atoms with E-state index in [0.29, 0.717) is 95.4 Å². The van der Waals surface area contributed by atoms with Crippen LogP contribution < -0.4 is 25.0 Å². The topological polar surface area (TPSA) is 163 Å². The summed E-state index contributed by atoms with van der Waals surface area (Å²) in [6.45, 7) is 5.07. The van der Waals surface area contributed by atoms with Crippen molar-refractivity contribution in [2.75, 3.05) is 63.9 Å². The fraction of sp³-hybridized carbons (Fsp3) is 0.451. The first kappa shape index (κ1) is 50.7. The number of fused-ring (bicyclic) bond motifs is 4. The average molecular weight is 1090 g/mol. The number of rotatable bonds is 29. The number of benzene rings is 4. The molecule has 2 aliphatic heterocycles. The summed E-state index contributed by atoms with van der Waals surface area (Å²) < 4.78 is 34.6. The average Bonchev–Trinajstić information content (AvgIpc) is 4.13. The monoisotopic (exact) mass is 1090 g/mol. The van der Waals surface area contributed by atoms with Crippen LogP contribution in [0.25, 0.3) is 21.8 Å². The normalized spacial score (nSPS) is 17.0. The molecule has 1 unspecified atom stereocenters. The molecule has 69 heavy (non-hydrogen) atoms. The number of anilines is 1. The van der Waals surface area contributed by atoms with Gasteiger partial charge in [-0.05, 0) is 85.5 Å². The van der Waals surface area contributed by atoms with Crippen LogP contribution in [0.2, 0.25) is 0 Å². The molecule has 15 nitrogen and oxygen atoms in total. The molecule has 8 rings (SSSR count). The molecule has 18 heteroatoms. The van der Waals surface area contributed by atoms with Crippen molar-refractivity contribution in [2.24, 2.45) is 0 Å². The number of hydrogen-bond donors (Lipinski definition) is 3. The van der Waals surface area contributed by atoms with E-state index in [4.69, 9.17) is 23.7 Å². The Labute approximate surface area is 424 Å². The van der Waals surface area contributed by atoms with Gasteiger partial charge in [-0.3, -0.25) is 4.79 Å². The molecule has 368 valence electrons. The summed E-state index contributed by atoms with van der Waals surface area (Å²) in [6.07, 6.45) is 5.96. The number of aliphatic hydroxyl groups excluding tert-OH is 1. The SMILES string of the molecule is COc1cccc(N(Cc2ccc(OCc3cn(CCOCCOCCOCCCC(=O)CCCC[C@@H]4SC[C@@H]5NC(=O)N[C@@H]54)nn3)cc2)CC(O)Cn2c3ccc(Br)cc3c3cc(Br)ccc32)c1. The number of methoxy groups -OCH3 is 1. The Balaban J connectivity index is 0.694. The molecule has 2 aromatic heterocycles. The van der Waals surface area contributed by atoms with E-state index in [1.165, 1.54) is 0 Å². The molecular formula is C51H61Br2N7O8S. The lowest BCUT2D eigenvalue weighted by atomic mass is 10.0. The zero-order valence-corrected chi connectivity index (χ0v) is 42.9. The number of hydrogen-bond acceptors (Lipinski definition) is 12. The number of urea groups is 1. The Hall–Kier alpha value is -4.69. The van der Waals surface area contributed by atoms with E-state index in [0.717, 1.165) is 79.2 Å². The molecular weight excluding hydrogens is 1030 g/mol. The molecule has 2 aliphatic rings. The number of amides is 2. The first-order valence-electron chi connectivity index (χ1n) is 23.7. The van der Waals surface area contributed by atoms with Gasteiger partial charge in [-0.15, -0.1) is 5.10 Å². The number of unbranched alkanes of at least 4 members (excludes halogenated alkanes) is 1. The van der Waals surface area contributed by atoms with Gasteiger partial charge in [0.05, 0.1) is 77.6 Å². The second-order valence-corrected chi connectivity index (χ2v) is 20.5. The Morgan fingerprint density at radius 2 is 1.57 bits per heavy atom. The van der Waals surface area contributed by atoms with Crippen LogP contribution in [0.15, 0.2) is 100 Å². The predicted molar refractivity (Wildman–Crippen MR) is 276 cm³/mol. The zero-order valence-electron chi connectivity index (χ0n) is 38.9. The fourth-order valence-electron chi connectivity index (χ4n) is 8.93. The lowest BCUT2D eigenvalue weighted by molar-refractivity contribution is -0.119. The van der Waals surface area contributed by atoms with Crippen LogP contribution in [0.1, 0.15) is 49.8 Å². The third kappa shape index (κ3) is 14.5. The highest BCUT2D eigenvalue weighted by Gasteiger charge is 2.42. The third-order valence-electron chi connectivity index (χ3n) is 12.4. The largest absolute Gasteiger partial charge is 0.497 e. The summed E-state index contributed by atoms with van der Waals surface area (Å²) in [4.78, 5) is 26.0. The molecule has 4 aromatic carbocycles. The standard InChI is InChI=1S/C51H61Br2N7O8S/c1-64-43-9-4-6-39(28-43)58(31-41(62)32-60-47-17-13-36(52)26-44(47)45-27-37(53)14-18-48(45)60)29-35-11-15-42(16-12-35)68-33-38-30-59(57-56-38)19-21-66-23-25-67-24-22-65-20-5-8-40(61)7-2-3-10-49-50-46(34-69-49)54-51(63)55-50/h4,6,9,11-18,26-28,30,41,46,49-50,62H,2-3,5,7-8,10,19-25,29,31-34H2,1H3,(H2,54,55,63)/t41?,46-,49-,50-/m0/s1. The molecule has 2 amide bonds. The van der Waals surface area contributed by atoms with E-state index in [1.54, 1.807) is 11.8 Å². The number of ether oxygens (including phenoxy) is 5. The van der Waals surface area contributed by atoms with Crippen LogP contribution in [0.3, 0.4) is 0 Å². The quantitative estimate of drug-likeness (QED) is 0.0303. The van der Waals surface area contributed by atoms with Gasteiger partial charge in [0.1, 0.15) is 29.6 Å². The van der Waals surface area contributed by atoms with E-state index < -0.39 is 6.10 Å². The highest BCUT2D eigenvalue weighted by Crippen LogP contribution is 2.35. The maximum Gasteiger partial charge on any atom is 0.315 e. The van der Waals surface area contributed by atoms with Gasteiger partial charge in [-0.25, -0.2) is 9.48 Å². The molecule has 2 fully saturated rings. The van der Waals surface area contributed by atoms with E-state index in [-0.39, 0.29) is 30.5 Å². The van der Waals surface area contributed by atoms with Gasteiger partial charge in [-0.1, -0.05) is 61.7 Å². The first-order valence-corrected chi connectivity index (χ1v) is 26.3. The molecule has 0 bridgehead atoms. The number of nitrogens with one attached hydrogen (secondary N) is 2. The lowest BCUT2D eigenvalue weighted by Gasteiger charge is -2.28. The number of nitrogens with zero attached hydrogens (tertiary/aromatic N) is 5. The third-order valence-corrected chi connectivity index (χ3v) is 14.9. The van der Waals surface area contributed by atoms with Crippen LogP contribution in [0.4, 0.5) is 10.5 Å². The Bertz CT molecular complexity index is 2560. The predicted octanol–water partition coefficient (Wildman–Crippen LogP) is 8.69. The minimum Gasteiger partial charge on any atom is -0.497 e. The fourth-order valence-corrected chi connectivity index (χ4v) is 11.2. The van der Waals surface area contributed by atoms with E-state index >= 15 is 0 Å². The number of carbonyl (C=O) groups excluding carboxylic acids is 2.